The number of carbonyl (C=O) groups excluding carboxylic acids is 2. The molecule has 0 spiro atoms. The van der Waals surface area contributed by atoms with Gasteiger partial charge in [-0.1, -0.05) is 19.8 Å². The average Bonchev–Trinajstić information content (AvgIpc) is 2.59. The van der Waals surface area contributed by atoms with E-state index in [1.165, 1.54) is 23.9 Å². The Bertz CT molecular complexity index is 873. The summed E-state index contributed by atoms with van der Waals surface area (Å²) in [5.41, 5.74) is -0.561. The van der Waals surface area contributed by atoms with Crippen LogP contribution in [0.1, 0.15) is 58.0 Å². The molecule has 0 unspecified atom stereocenters. The van der Waals surface area contributed by atoms with Crippen LogP contribution in [-0.4, -0.2) is 32.6 Å². The van der Waals surface area contributed by atoms with Crippen LogP contribution in [-0.2, 0) is 0 Å². The standard InChI is InChI=1S/C19H18O5S/c1-2-3-4-9-25-13-8-5-10-14(18(13)23)19(24)16-12(21)7-6-11(20)15(16)17(10)22/h5-8,20-21,23H,2-4,9H2,1H3. The molecule has 0 atom stereocenters. The molecule has 0 aromatic heterocycles. The van der Waals surface area contributed by atoms with Crippen LogP contribution < -0.4 is 0 Å². The Labute approximate surface area is 149 Å². The molecule has 25 heavy (non-hydrogen) atoms. The molecule has 130 valence electrons. The minimum absolute atomic E-state index is 0.0359. The predicted molar refractivity (Wildman–Crippen MR) is 95.0 cm³/mol. The van der Waals surface area contributed by atoms with Gasteiger partial charge < -0.3 is 15.3 Å². The molecule has 0 heterocycles. The number of thioether (sulfide) groups is 1. The maximum atomic E-state index is 12.8. The summed E-state index contributed by atoms with van der Waals surface area (Å²) >= 11 is 1.43. The van der Waals surface area contributed by atoms with Crippen molar-refractivity contribution in [2.45, 2.75) is 31.1 Å². The first-order chi connectivity index (χ1) is 12.0. The molecule has 0 radical (unpaired) electrons. The molecule has 1 aliphatic rings. The van der Waals surface area contributed by atoms with E-state index < -0.39 is 17.3 Å². The Morgan fingerprint density at radius 2 is 1.48 bits per heavy atom. The van der Waals surface area contributed by atoms with Crippen molar-refractivity contribution in [1.82, 2.24) is 0 Å². The van der Waals surface area contributed by atoms with Gasteiger partial charge in [0, 0.05) is 10.5 Å². The Hall–Kier alpha value is -2.47. The van der Waals surface area contributed by atoms with Gasteiger partial charge in [0.2, 0.25) is 5.78 Å². The van der Waals surface area contributed by atoms with Gasteiger partial charge >= 0.3 is 0 Å². The summed E-state index contributed by atoms with van der Waals surface area (Å²) < 4.78 is 0. The average molecular weight is 358 g/mol. The minimum atomic E-state index is -0.661. The van der Waals surface area contributed by atoms with Gasteiger partial charge in [-0.3, -0.25) is 9.59 Å². The maximum Gasteiger partial charge on any atom is 0.202 e. The first-order valence-electron chi connectivity index (χ1n) is 8.10. The van der Waals surface area contributed by atoms with E-state index in [-0.39, 0.29) is 33.8 Å². The van der Waals surface area contributed by atoms with E-state index in [4.69, 9.17) is 0 Å². The Morgan fingerprint density at radius 1 is 0.840 bits per heavy atom. The number of fused-ring (bicyclic) bond motifs is 2. The van der Waals surface area contributed by atoms with Crippen molar-refractivity contribution in [3.05, 3.63) is 46.5 Å². The van der Waals surface area contributed by atoms with E-state index in [0.717, 1.165) is 31.1 Å². The lowest BCUT2D eigenvalue weighted by Gasteiger charge is -2.21. The van der Waals surface area contributed by atoms with Crippen molar-refractivity contribution < 1.29 is 24.9 Å². The van der Waals surface area contributed by atoms with E-state index in [1.54, 1.807) is 6.07 Å². The summed E-state index contributed by atoms with van der Waals surface area (Å²) in [5, 5.41) is 30.4. The molecule has 2 aromatic rings. The zero-order valence-electron chi connectivity index (χ0n) is 13.7. The van der Waals surface area contributed by atoms with Gasteiger partial charge in [0.15, 0.2) is 5.78 Å². The van der Waals surface area contributed by atoms with Gasteiger partial charge in [-0.05, 0) is 36.4 Å². The van der Waals surface area contributed by atoms with Gasteiger partial charge in [0.25, 0.3) is 0 Å². The van der Waals surface area contributed by atoms with Gasteiger partial charge in [0.05, 0.1) is 16.7 Å². The number of hydrogen-bond acceptors (Lipinski definition) is 6. The summed E-state index contributed by atoms with van der Waals surface area (Å²) in [6, 6.07) is 5.43. The fourth-order valence-corrected chi connectivity index (χ4v) is 3.91. The number of unbranched alkanes of at least 4 members (excludes halogenated alkanes) is 2. The molecule has 0 aliphatic heterocycles. The number of hydrogen-bond donors (Lipinski definition) is 3. The van der Waals surface area contributed by atoms with E-state index in [9.17, 15) is 24.9 Å². The summed E-state index contributed by atoms with van der Waals surface area (Å²) in [6.07, 6.45) is 3.15. The highest BCUT2D eigenvalue weighted by Crippen LogP contribution is 2.43. The van der Waals surface area contributed by atoms with E-state index in [0.29, 0.717) is 4.90 Å². The van der Waals surface area contributed by atoms with Crippen molar-refractivity contribution in [2.24, 2.45) is 0 Å². The van der Waals surface area contributed by atoms with Crippen LogP contribution in [0.15, 0.2) is 29.2 Å². The minimum Gasteiger partial charge on any atom is -0.507 e. The van der Waals surface area contributed by atoms with Gasteiger partial charge in [0.1, 0.15) is 17.2 Å². The third-order valence-corrected chi connectivity index (χ3v) is 5.37. The highest BCUT2D eigenvalue weighted by atomic mass is 32.2. The third kappa shape index (κ3) is 2.87. The number of benzene rings is 2. The molecule has 2 aromatic carbocycles. The summed E-state index contributed by atoms with van der Waals surface area (Å²) in [5.74, 6) is -1.45. The summed E-state index contributed by atoms with van der Waals surface area (Å²) in [6.45, 7) is 2.10. The topological polar surface area (TPSA) is 94.8 Å². The van der Waals surface area contributed by atoms with Crippen LogP contribution in [0, 0.1) is 0 Å². The fraction of sp³-hybridized carbons (Fsp3) is 0.263. The number of phenols is 3. The zero-order valence-corrected chi connectivity index (χ0v) is 14.5. The Morgan fingerprint density at radius 3 is 2.12 bits per heavy atom. The van der Waals surface area contributed by atoms with Crippen molar-refractivity contribution in [1.29, 1.82) is 0 Å². The fourth-order valence-electron chi connectivity index (χ4n) is 2.94. The normalized spacial score (nSPS) is 12.8. The molecule has 0 fully saturated rings. The molecule has 0 amide bonds. The quantitative estimate of drug-likeness (QED) is 0.364. The number of ketones is 2. The summed E-state index contributed by atoms with van der Waals surface area (Å²) in [7, 11) is 0. The summed E-state index contributed by atoms with van der Waals surface area (Å²) in [4.78, 5) is 26.0. The van der Waals surface area contributed by atoms with Crippen LogP contribution in [0.4, 0.5) is 0 Å². The van der Waals surface area contributed by atoms with Gasteiger partial charge in [-0.25, -0.2) is 0 Å². The lowest BCUT2D eigenvalue weighted by Crippen LogP contribution is -2.21. The molecule has 1 aliphatic carbocycles. The Balaban J connectivity index is 2.06. The third-order valence-electron chi connectivity index (χ3n) is 4.23. The van der Waals surface area contributed by atoms with Crippen molar-refractivity contribution in [2.75, 3.05) is 5.75 Å². The van der Waals surface area contributed by atoms with Crippen LogP contribution in [0.3, 0.4) is 0 Å². The smallest absolute Gasteiger partial charge is 0.202 e. The molecular formula is C19H18O5S. The zero-order chi connectivity index (χ0) is 18.1. The second kappa shape index (κ2) is 6.80. The van der Waals surface area contributed by atoms with Gasteiger partial charge in [-0.2, -0.15) is 0 Å². The predicted octanol–water partition coefficient (Wildman–Crippen LogP) is 3.86. The molecule has 0 saturated carbocycles. The first kappa shape index (κ1) is 17.4. The van der Waals surface area contributed by atoms with Crippen LogP contribution >= 0.6 is 11.8 Å². The Kier molecular flexibility index (Phi) is 4.72. The molecule has 0 saturated heterocycles. The van der Waals surface area contributed by atoms with Crippen LogP contribution in [0.5, 0.6) is 17.2 Å². The van der Waals surface area contributed by atoms with E-state index in [1.807, 2.05) is 0 Å². The van der Waals surface area contributed by atoms with E-state index in [2.05, 4.69) is 6.92 Å². The monoisotopic (exact) mass is 358 g/mol. The second-order valence-electron chi connectivity index (χ2n) is 5.90. The van der Waals surface area contributed by atoms with Crippen molar-refractivity contribution in [3.63, 3.8) is 0 Å². The molecule has 3 N–H and O–H groups in total. The van der Waals surface area contributed by atoms with Gasteiger partial charge in [-0.15, -0.1) is 11.8 Å². The molecule has 6 heteroatoms. The van der Waals surface area contributed by atoms with Crippen molar-refractivity contribution in [3.8, 4) is 17.2 Å². The van der Waals surface area contributed by atoms with Crippen molar-refractivity contribution >= 4 is 23.3 Å². The SMILES string of the molecule is CCCCCSc1ccc2c(c1O)C(=O)c1c(O)ccc(O)c1C2=O. The first-order valence-corrected chi connectivity index (χ1v) is 9.09. The van der Waals surface area contributed by atoms with Crippen LogP contribution in [0.25, 0.3) is 0 Å². The maximum absolute atomic E-state index is 12.8. The molecule has 0 bridgehead atoms. The lowest BCUT2D eigenvalue weighted by atomic mass is 9.82. The number of carbonyl (C=O) groups is 2. The lowest BCUT2D eigenvalue weighted by molar-refractivity contribution is 0.0971. The molecule has 5 nitrogen and oxygen atoms in total. The number of aromatic hydroxyl groups is 3. The second-order valence-corrected chi connectivity index (χ2v) is 7.04. The molecular weight excluding hydrogens is 340 g/mol. The molecule has 3 rings (SSSR count). The number of rotatable bonds is 5. The van der Waals surface area contributed by atoms with Crippen LogP contribution in [0.2, 0.25) is 0 Å². The number of phenolic OH excluding ortho intramolecular Hbond substituents is 3. The highest BCUT2D eigenvalue weighted by molar-refractivity contribution is 7.99. The largest absolute Gasteiger partial charge is 0.507 e. The highest BCUT2D eigenvalue weighted by Gasteiger charge is 2.36. The van der Waals surface area contributed by atoms with E-state index >= 15 is 0 Å².